The summed E-state index contributed by atoms with van der Waals surface area (Å²) in [6.07, 6.45) is 1.66. The first-order chi connectivity index (χ1) is 17.7. The number of aryl methyl sites for hydroxylation is 3. The third kappa shape index (κ3) is 4.82. The molecule has 2 fully saturated rings. The van der Waals surface area contributed by atoms with Crippen molar-refractivity contribution in [2.45, 2.75) is 27.7 Å². The van der Waals surface area contributed by atoms with Crippen molar-refractivity contribution in [1.29, 1.82) is 0 Å². The normalized spacial score (nSPS) is 17.5. The standard InChI is InChI=1S/C29H30N4O3S/c1-18-13-19(2)15-25(14-18)33-28(35)26(27(34)30-29(33)37)17-22-16-20(3)32(21(22)4)24-7-5-23(6-8-24)31-9-11-36-12-10-31/h5-8,13-17H,9-12H2,1-4H3,(H,30,34,37)/b26-17+. The maximum atomic E-state index is 13.5. The van der Waals surface area contributed by atoms with Gasteiger partial charge in [-0.05, 0) is 105 Å². The molecule has 7 nitrogen and oxygen atoms in total. The molecule has 0 bridgehead atoms. The van der Waals surface area contributed by atoms with Crippen LogP contribution in [0.5, 0.6) is 0 Å². The summed E-state index contributed by atoms with van der Waals surface area (Å²) >= 11 is 5.37. The van der Waals surface area contributed by atoms with E-state index < -0.39 is 11.8 Å². The average molecular weight is 515 g/mol. The van der Waals surface area contributed by atoms with Crippen LogP contribution in [0, 0.1) is 27.7 Å². The molecule has 3 aromatic rings. The van der Waals surface area contributed by atoms with Crippen molar-refractivity contribution in [2.24, 2.45) is 0 Å². The van der Waals surface area contributed by atoms with Crippen molar-refractivity contribution >= 4 is 46.6 Å². The molecule has 0 saturated carbocycles. The lowest BCUT2D eigenvalue weighted by Gasteiger charge is -2.29. The number of hydrogen-bond acceptors (Lipinski definition) is 5. The third-order valence-electron chi connectivity index (χ3n) is 6.82. The number of carbonyl (C=O) groups is 2. The molecule has 2 aliphatic rings. The van der Waals surface area contributed by atoms with Crippen LogP contribution in [0.25, 0.3) is 11.8 Å². The van der Waals surface area contributed by atoms with E-state index in [1.165, 1.54) is 10.6 Å². The van der Waals surface area contributed by atoms with Crippen molar-refractivity contribution < 1.29 is 14.3 Å². The minimum atomic E-state index is -0.490. The summed E-state index contributed by atoms with van der Waals surface area (Å²) in [5, 5.41) is 2.77. The first-order valence-electron chi connectivity index (χ1n) is 12.3. The van der Waals surface area contributed by atoms with E-state index in [0.29, 0.717) is 5.69 Å². The zero-order valence-electron chi connectivity index (χ0n) is 21.5. The van der Waals surface area contributed by atoms with Gasteiger partial charge in [-0.1, -0.05) is 6.07 Å². The smallest absolute Gasteiger partial charge is 0.270 e. The van der Waals surface area contributed by atoms with Crippen LogP contribution in [-0.4, -0.2) is 47.8 Å². The second-order valence-corrected chi connectivity index (χ2v) is 9.97. The number of aromatic nitrogens is 1. The summed E-state index contributed by atoms with van der Waals surface area (Å²) in [7, 11) is 0. The Bertz CT molecular complexity index is 1410. The minimum Gasteiger partial charge on any atom is -0.378 e. The second-order valence-electron chi connectivity index (χ2n) is 9.58. The van der Waals surface area contributed by atoms with Crippen LogP contribution in [0.1, 0.15) is 28.1 Å². The lowest BCUT2D eigenvalue weighted by atomic mass is 10.1. The van der Waals surface area contributed by atoms with Gasteiger partial charge in [-0.25, -0.2) is 0 Å². The van der Waals surface area contributed by atoms with Gasteiger partial charge in [0.25, 0.3) is 11.8 Å². The van der Waals surface area contributed by atoms with Gasteiger partial charge >= 0.3 is 0 Å². The predicted octanol–water partition coefficient (Wildman–Crippen LogP) is 4.38. The fourth-order valence-electron chi connectivity index (χ4n) is 5.09. The molecule has 0 unspecified atom stereocenters. The van der Waals surface area contributed by atoms with Crippen LogP contribution in [0.2, 0.25) is 0 Å². The van der Waals surface area contributed by atoms with Crippen molar-refractivity contribution in [3.63, 3.8) is 0 Å². The van der Waals surface area contributed by atoms with Gasteiger partial charge in [0.05, 0.1) is 18.9 Å². The number of nitrogens with one attached hydrogen (secondary N) is 1. The Labute approximate surface area is 222 Å². The van der Waals surface area contributed by atoms with Crippen LogP contribution in [-0.2, 0) is 14.3 Å². The van der Waals surface area contributed by atoms with Gasteiger partial charge < -0.3 is 14.2 Å². The topological polar surface area (TPSA) is 66.8 Å². The molecule has 190 valence electrons. The molecule has 2 amide bonds. The van der Waals surface area contributed by atoms with Gasteiger partial charge in [-0.3, -0.25) is 19.8 Å². The number of benzene rings is 2. The molecule has 0 atom stereocenters. The van der Waals surface area contributed by atoms with Crippen LogP contribution >= 0.6 is 12.2 Å². The van der Waals surface area contributed by atoms with E-state index in [2.05, 4.69) is 39.0 Å². The summed E-state index contributed by atoms with van der Waals surface area (Å²) in [6.45, 7) is 11.2. The van der Waals surface area contributed by atoms with Crippen LogP contribution in [0.3, 0.4) is 0 Å². The minimum absolute atomic E-state index is 0.0516. The molecule has 1 aromatic heterocycles. The molecule has 2 aromatic carbocycles. The molecule has 2 saturated heterocycles. The fraction of sp³-hybridized carbons (Fsp3) is 0.276. The fourth-order valence-corrected chi connectivity index (χ4v) is 5.37. The van der Waals surface area contributed by atoms with Crippen molar-refractivity contribution in [2.75, 3.05) is 36.1 Å². The van der Waals surface area contributed by atoms with Crippen molar-refractivity contribution in [1.82, 2.24) is 9.88 Å². The maximum absolute atomic E-state index is 13.5. The van der Waals surface area contributed by atoms with Gasteiger partial charge in [-0.15, -0.1) is 0 Å². The van der Waals surface area contributed by atoms with Gasteiger partial charge in [0.15, 0.2) is 5.11 Å². The lowest BCUT2D eigenvalue weighted by Crippen LogP contribution is -2.54. The van der Waals surface area contributed by atoms with Gasteiger partial charge in [0.2, 0.25) is 0 Å². The molecular weight excluding hydrogens is 484 g/mol. The number of hydrogen-bond donors (Lipinski definition) is 1. The Balaban J connectivity index is 1.47. The Hall–Kier alpha value is -3.75. The summed E-state index contributed by atoms with van der Waals surface area (Å²) < 4.78 is 7.59. The highest BCUT2D eigenvalue weighted by atomic mass is 32.1. The molecule has 0 aliphatic carbocycles. The third-order valence-corrected chi connectivity index (χ3v) is 7.11. The van der Waals surface area contributed by atoms with Gasteiger partial charge in [-0.2, -0.15) is 0 Å². The number of nitrogens with zero attached hydrogens (tertiary/aromatic N) is 3. The summed E-state index contributed by atoms with van der Waals surface area (Å²) in [5.74, 6) is -0.922. The maximum Gasteiger partial charge on any atom is 0.270 e. The number of anilines is 2. The highest BCUT2D eigenvalue weighted by Gasteiger charge is 2.35. The van der Waals surface area contributed by atoms with E-state index in [9.17, 15) is 9.59 Å². The van der Waals surface area contributed by atoms with Gasteiger partial charge in [0, 0.05) is 35.9 Å². The van der Waals surface area contributed by atoms with Crippen LogP contribution < -0.4 is 15.1 Å². The Kier molecular flexibility index (Phi) is 6.70. The van der Waals surface area contributed by atoms with Crippen LogP contribution in [0.15, 0.2) is 54.1 Å². The highest BCUT2D eigenvalue weighted by Crippen LogP contribution is 2.28. The molecular formula is C29H30N4O3S. The largest absolute Gasteiger partial charge is 0.378 e. The Morgan fingerprint density at radius 2 is 1.49 bits per heavy atom. The molecule has 1 N–H and O–H groups in total. The number of thiocarbonyl (C=S) groups is 1. The zero-order chi connectivity index (χ0) is 26.3. The van der Waals surface area contributed by atoms with E-state index in [-0.39, 0.29) is 10.7 Å². The molecule has 5 rings (SSSR count). The van der Waals surface area contributed by atoms with E-state index >= 15 is 0 Å². The zero-order valence-corrected chi connectivity index (χ0v) is 22.3. The molecule has 3 heterocycles. The molecule has 37 heavy (non-hydrogen) atoms. The first kappa shape index (κ1) is 24.9. The average Bonchev–Trinajstić information content (AvgIpc) is 3.14. The van der Waals surface area contributed by atoms with E-state index in [0.717, 1.165) is 60.1 Å². The lowest BCUT2D eigenvalue weighted by molar-refractivity contribution is -0.122. The van der Waals surface area contributed by atoms with Crippen molar-refractivity contribution in [3.05, 3.63) is 82.2 Å². The summed E-state index contributed by atoms with van der Waals surface area (Å²) in [5.41, 5.74) is 7.66. The SMILES string of the molecule is Cc1cc(C)cc(N2C(=O)/C(=C/c3cc(C)n(-c4ccc(N5CCOCC5)cc4)c3C)C(=O)NC2=S)c1. The quantitative estimate of drug-likeness (QED) is 0.318. The number of carbonyl (C=O) groups excluding carboxylic acids is 2. The highest BCUT2D eigenvalue weighted by molar-refractivity contribution is 7.80. The molecule has 2 aliphatic heterocycles. The monoisotopic (exact) mass is 514 g/mol. The number of morpholine rings is 1. The Morgan fingerprint density at radius 3 is 2.14 bits per heavy atom. The van der Waals surface area contributed by atoms with E-state index in [1.807, 2.05) is 52.0 Å². The first-order valence-corrected chi connectivity index (χ1v) is 12.8. The second kappa shape index (κ2) is 9.95. The van der Waals surface area contributed by atoms with E-state index in [1.54, 1.807) is 6.08 Å². The number of amides is 2. The van der Waals surface area contributed by atoms with Crippen molar-refractivity contribution in [3.8, 4) is 5.69 Å². The number of ether oxygens (including phenoxy) is 1. The van der Waals surface area contributed by atoms with Crippen LogP contribution in [0.4, 0.5) is 11.4 Å². The molecule has 8 heteroatoms. The van der Waals surface area contributed by atoms with E-state index in [4.69, 9.17) is 17.0 Å². The molecule has 0 spiro atoms. The predicted molar refractivity (Wildman–Crippen MR) is 150 cm³/mol. The summed E-state index contributed by atoms with van der Waals surface area (Å²) in [4.78, 5) is 30.1. The molecule has 0 radical (unpaired) electrons. The summed E-state index contributed by atoms with van der Waals surface area (Å²) in [6, 6.07) is 16.2. The number of rotatable bonds is 4. The van der Waals surface area contributed by atoms with Gasteiger partial charge in [0.1, 0.15) is 5.57 Å². The Morgan fingerprint density at radius 1 is 0.865 bits per heavy atom.